The lowest BCUT2D eigenvalue weighted by Gasteiger charge is -2.38. The van der Waals surface area contributed by atoms with Crippen molar-refractivity contribution in [2.24, 2.45) is 0 Å². The summed E-state index contributed by atoms with van der Waals surface area (Å²) < 4.78 is 5.61. The first-order chi connectivity index (χ1) is 12.4. The Morgan fingerprint density at radius 2 is 1.88 bits per heavy atom. The Balaban J connectivity index is 2.17. The highest BCUT2D eigenvalue weighted by Gasteiger charge is 2.31. The summed E-state index contributed by atoms with van der Waals surface area (Å²) in [6, 6.07) is 14.5. The number of esters is 1. The molecule has 0 aliphatic heterocycles. The van der Waals surface area contributed by atoms with Crippen LogP contribution in [0.3, 0.4) is 0 Å². The molecule has 2 rings (SSSR count). The van der Waals surface area contributed by atoms with Crippen molar-refractivity contribution >= 4 is 29.2 Å². The Hall–Kier alpha value is -1.81. The summed E-state index contributed by atoms with van der Waals surface area (Å²) in [5.74, 6) is -0.335. The third-order valence-corrected chi connectivity index (χ3v) is 5.16. The van der Waals surface area contributed by atoms with Crippen molar-refractivity contribution in [1.82, 2.24) is 4.90 Å². The molecule has 0 saturated carbocycles. The number of hydrogen-bond acceptors (Lipinski definition) is 3. The highest BCUT2D eigenvalue weighted by molar-refractivity contribution is 6.42. The van der Waals surface area contributed by atoms with Gasteiger partial charge in [-0.05, 0) is 50.2 Å². The van der Waals surface area contributed by atoms with Crippen LogP contribution in [0, 0.1) is 0 Å². The molecule has 0 aromatic heterocycles. The van der Waals surface area contributed by atoms with Crippen LogP contribution in [0.1, 0.15) is 22.8 Å². The SMILES string of the molecule is C=CCN(C)C(C)(COC(=O)c1ccccc1)Cc1ccc(Cl)c(Cl)c1. The van der Waals surface area contributed by atoms with Crippen molar-refractivity contribution in [3.8, 4) is 0 Å². The van der Waals surface area contributed by atoms with Gasteiger partial charge < -0.3 is 4.74 Å². The van der Waals surface area contributed by atoms with Gasteiger partial charge in [0.2, 0.25) is 0 Å². The van der Waals surface area contributed by atoms with Crippen LogP contribution in [-0.4, -0.2) is 36.6 Å². The summed E-state index contributed by atoms with van der Waals surface area (Å²) >= 11 is 12.2. The predicted octanol–water partition coefficient (Wildman–Crippen LogP) is 5.27. The molecule has 2 aromatic rings. The minimum absolute atomic E-state index is 0.241. The monoisotopic (exact) mass is 391 g/mol. The maximum atomic E-state index is 12.3. The minimum Gasteiger partial charge on any atom is -0.460 e. The number of likely N-dealkylation sites (N-methyl/N-ethyl adjacent to an activating group) is 1. The molecule has 2 aromatic carbocycles. The van der Waals surface area contributed by atoms with Crippen LogP contribution in [0.15, 0.2) is 61.2 Å². The fourth-order valence-corrected chi connectivity index (χ4v) is 3.00. The van der Waals surface area contributed by atoms with E-state index < -0.39 is 5.54 Å². The van der Waals surface area contributed by atoms with Crippen LogP contribution < -0.4 is 0 Å². The smallest absolute Gasteiger partial charge is 0.338 e. The quantitative estimate of drug-likeness (QED) is 0.453. The number of carbonyl (C=O) groups is 1. The average molecular weight is 392 g/mol. The summed E-state index contributed by atoms with van der Waals surface area (Å²) in [6.45, 7) is 6.76. The Morgan fingerprint density at radius 3 is 2.50 bits per heavy atom. The molecule has 0 spiro atoms. The van der Waals surface area contributed by atoms with Crippen molar-refractivity contribution in [2.45, 2.75) is 18.9 Å². The fraction of sp³-hybridized carbons (Fsp3) is 0.286. The molecule has 0 saturated heterocycles. The Kier molecular flexibility index (Phi) is 7.27. The Bertz CT molecular complexity index is 764. The predicted molar refractivity (Wildman–Crippen MR) is 108 cm³/mol. The van der Waals surface area contributed by atoms with E-state index in [1.165, 1.54) is 0 Å². The Morgan fingerprint density at radius 1 is 1.19 bits per heavy atom. The van der Waals surface area contributed by atoms with Gasteiger partial charge in [0.25, 0.3) is 0 Å². The van der Waals surface area contributed by atoms with Gasteiger partial charge in [-0.2, -0.15) is 0 Å². The number of halogens is 2. The lowest BCUT2D eigenvalue weighted by molar-refractivity contribution is 0.0172. The van der Waals surface area contributed by atoms with Crippen LogP contribution in [0.25, 0.3) is 0 Å². The summed E-state index contributed by atoms with van der Waals surface area (Å²) in [7, 11) is 1.98. The second-order valence-electron chi connectivity index (χ2n) is 6.53. The molecule has 0 aliphatic rings. The summed E-state index contributed by atoms with van der Waals surface area (Å²) in [5, 5.41) is 1.03. The van der Waals surface area contributed by atoms with Gasteiger partial charge in [-0.3, -0.25) is 4.90 Å². The molecule has 1 atom stereocenters. The number of ether oxygens (including phenoxy) is 1. The lowest BCUT2D eigenvalue weighted by atomic mass is 9.92. The molecule has 0 amide bonds. The third-order valence-electron chi connectivity index (χ3n) is 4.42. The first-order valence-electron chi connectivity index (χ1n) is 8.34. The van der Waals surface area contributed by atoms with E-state index in [1.54, 1.807) is 18.2 Å². The van der Waals surface area contributed by atoms with Gasteiger partial charge in [-0.25, -0.2) is 4.79 Å². The van der Waals surface area contributed by atoms with E-state index in [4.69, 9.17) is 27.9 Å². The number of rotatable bonds is 8. The average Bonchev–Trinajstić information content (AvgIpc) is 2.64. The van der Waals surface area contributed by atoms with E-state index >= 15 is 0 Å². The minimum atomic E-state index is -0.421. The van der Waals surface area contributed by atoms with Gasteiger partial charge in [0.1, 0.15) is 6.61 Å². The van der Waals surface area contributed by atoms with Gasteiger partial charge >= 0.3 is 5.97 Å². The van der Waals surface area contributed by atoms with Crippen molar-refractivity contribution in [3.05, 3.63) is 82.4 Å². The molecule has 0 fully saturated rings. The number of hydrogen-bond donors (Lipinski definition) is 0. The van der Waals surface area contributed by atoms with Crippen molar-refractivity contribution in [1.29, 1.82) is 0 Å². The third kappa shape index (κ3) is 5.34. The van der Waals surface area contributed by atoms with Crippen molar-refractivity contribution < 1.29 is 9.53 Å². The van der Waals surface area contributed by atoms with Gasteiger partial charge in [-0.1, -0.05) is 53.5 Å². The van der Waals surface area contributed by atoms with Gasteiger partial charge in [-0.15, -0.1) is 6.58 Å². The number of nitrogens with zero attached hydrogens (tertiary/aromatic N) is 1. The van der Waals surface area contributed by atoms with Gasteiger partial charge in [0.15, 0.2) is 0 Å². The van der Waals surface area contributed by atoms with Crippen LogP contribution in [0.4, 0.5) is 0 Å². The highest BCUT2D eigenvalue weighted by atomic mass is 35.5. The second kappa shape index (κ2) is 9.22. The zero-order chi connectivity index (χ0) is 19.2. The first kappa shape index (κ1) is 20.5. The van der Waals surface area contributed by atoms with Crippen LogP contribution in [-0.2, 0) is 11.2 Å². The van der Waals surface area contributed by atoms with Crippen LogP contribution >= 0.6 is 23.2 Å². The normalized spacial score (nSPS) is 13.3. The van der Waals surface area contributed by atoms with Crippen LogP contribution in [0.2, 0.25) is 10.0 Å². The van der Waals surface area contributed by atoms with Gasteiger partial charge in [0, 0.05) is 6.54 Å². The van der Waals surface area contributed by atoms with E-state index in [9.17, 15) is 4.79 Å². The summed E-state index contributed by atoms with van der Waals surface area (Å²) in [4.78, 5) is 14.4. The molecular weight excluding hydrogens is 369 g/mol. The van der Waals surface area contributed by atoms with E-state index in [1.807, 2.05) is 43.5 Å². The largest absolute Gasteiger partial charge is 0.460 e. The van der Waals surface area contributed by atoms with Crippen molar-refractivity contribution in [2.75, 3.05) is 20.2 Å². The van der Waals surface area contributed by atoms with Crippen LogP contribution in [0.5, 0.6) is 0 Å². The molecule has 0 heterocycles. The Labute approximate surface area is 165 Å². The summed E-state index contributed by atoms with van der Waals surface area (Å²) in [6.07, 6.45) is 2.47. The lowest BCUT2D eigenvalue weighted by Crippen LogP contribution is -2.50. The molecule has 0 N–H and O–H groups in total. The molecular formula is C21H23Cl2NO2. The molecule has 138 valence electrons. The zero-order valence-electron chi connectivity index (χ0n) is 15.0. The number of benzene rings is 2. The van der Waals surface area contributed by atoms with E-state index in [0.29, 0.717) is 28.6 Å². The molecule has 3 nitrogen and oxygen atoms in total. The van der Waals surface area contributed by atoms with E-state index in [2.05, 4.69) is 18.4 Å². The maximum Gasteiger partial charge on any atom is 0.338 e. The van der Waals surface area contributed by atoms with E-state index in [-0.39, 0.29) is 12.6 Å². The molecule has 5 heteroatoms. The maximum absolute atomic E-state index is 12.3. The molecule has 0 aliphatic carbocycles. The zero-order valence-corrected chi connectivity index (χ0v) is 16.6. The molecule has 1 unspecified atom stereocenters. The number of carbonyl (C=O) groups excluding carboxylic acids is 1. The van der Waals surface area contributed by atoms with Gasteiger partial charge in [0.05, 0.1) is 21.1 Å². The topological polar surface area (TPSA) is 29.5 Å². The van der Waals surface area contributed by atoms with Crippen molar-refractivity contribution in [3.63, 3.8) is 0 Å². The molecule has 0 bridgehead atoms. The second-order valence-corrected chi connectivity index (χ2v) is 7.35. The highest BCUT2D eigenvalue weighted by Crippen LogP contribution is 2.27. The summed E-state index contributed by atoms with van der Waals surface area (Å²) in [5.41, 5.74) is 1.14. The first-order valence-corrected chi connectivity index (χ1v) is 9.09. The molecule has 26 heavy (non-hydrogen) atoms. The van der Waals surface area contributed by atoms with E-state index in [0.717, 1.165) is 5.56 Å². The fourth-order valence-electron chi connectivity index (χ4n) is 2.68. The standard InChI is InChI=1S/C21H23Cl2NO2/c1-4-12-24(3)21(2,14-16-10-11-18(22)19(23)13-16)15-26-20(25)17-8-6-5-7-9-17/h4-11,13H,1,12,14-15H2,2-3H3. The molecule has 0 radical (unpaired) electrons.